The Morgan fingerprint density at radius 1 is 1.35 bits per heavy atom. The summed E-state index contributed by atoms with van der Waals surface area (Å²) in [6.45, 7) is 7.34. The van der Waals surface area contributed by atoms with Crippen LogP contribution in [0.2, 0.25) is 5.02 Å². The molecule has 0 aliphatic heterocycles. The SMILES string of the molecule is C[C@H](NC(=O)OC(C)(C)C)c1ccccc1Cl. The minimum absolute atomic E-state index is 0.182. The van der Waals surface area contributed by atoms with E-state index in [2.05, 4.69) is 5.32 Å². The molecule has 1 atom stereocenters. The van der Waals surface area contributed by atoms with Crippen LogP contribution in [0, 0.1) is 0 Å². The number of hydrogen-bond acceptors (Lipinski definition) is 2. The summed E-state index contributed by atoms with van der Waals surface area (Å²) >= 11 is 6.04. The van der Waals surface area contributed by atoms with Crippen LogP contribution in [0.15, 0.2) is 24.3 Å². The number of carbonyl (C=O) groups is 1. The molecule has 0 bridgehead atoms. The minimum Gasteiger partial charge on any atom is -0.444 e. The predicted molar refractivity (Wildman–Crippen MR) is 69.2 cm³/mol. The van der Waals surface area contributed by atoms with Crippen LogP contribution >= 0.6 is 11.6 Å². The number of ether oxygens (including phenoxy) is 1. The third kappa shape index (κ3) is 4.65. The Kier molecular flexibility index (Phi) is 4.40. The van der Waals surface area contributed by atoms with Gasteiger partial charge < -0.3 is 10.1 Å². The highest BCUT2D eigenvalue weighted by molar-refractivity contribution is 6.31. The molecule has 0 radical (unpaired) electrons. The Hall–Kier alpha value is -1.22. The Morgan fingerprint density at radius 3 is 2.47 bits per heavy atom. The first kappa shape index (κ1) is 13.8. The van der Waals surface area contributed by atoms with Gasteiger partial charge in [-0.1, -0.05) is 29.8 Å². The number of hydrogen-bond donors (Lipinski definition) is 1. The van der Waals surface area contributed by atoms with Crippen LogP contribution in [0.3, 0.4) is 0 Å². The summed E-state index contributed by atoms with van der Waals surface area (Å²) in [7, 11) is 0. The zero-order chi connectivity index (χ0) is 13.1. The molecule has 0 heterocycles. The second-order valence-electron chi connectivity index (χ2n) is 4.89. The molecule has 17 heavy (non-hydrogen) atoms. The zero-order valence-electron chi connectivity index (χ0n) is 10.6. The first-order chi connectivity index (χ1) is 7.79. The number of halogens is 1. The van der Waals surface area contributed by atoms with E-state index in [1.165, 1.54) is 0 Å². The predicted octanol–water partition coefficient (Wildman–Crippen LogP) is 3.93. The van der Waals surface area contributed by atoms with Crippen molar-refractivity contribution in [1.82, 2.24) is 5.32 Å². The van der Waals surface area contributed by atoms with Gasteiger partial charge in [0, 0.05) is 5.02 Å². The molecule has 1 rings (SSSR count). The van der Waals surface area contributed by atoms with E-state index in [4.69, 9.17) is 16.3 Å². The number of carbonyl (C=O) groups excluding carboxylic acids is 1. The number of nitrogens with one attached hydrogen (secondary N) is 1. The second-order valence-corrected chi connectivity index (χ2v) is 5.30. The maximum atomic E-state index is 11.6. The summed E-state index contributed by atoms with van der Waals surface area (Å²) < 4.78 is 5.18. The van der Waals surface area contributed by atoms with Crippen LogP contribution in [0.5, 0.6) is 0 Å². The molecule has 0 aromatic heterocycles. The molecule has 0 spiro atoms. The third-order valence-corrected chi connectivity index (χ3v) is 2.45. The standard InChI is InChI=1S/C13H18ClNO2/c1-9(10-7-5-6-8-11(10)14)15-12(16)17-13(2,3)4/h5-9H,1-4H3,(H,15,16)/t9-/m0/s1. The number of alkyl carbamates (subject to hydrolysis) is 1. The summed E-state index contributed by atoms with van der Waals surface area (Å²) in [6, 6.07) is 7.23. The van der Waals surface area contributed by atoms with Gasteiger partial charge in [-0.25, -0.2) is 4.79 Å². The largest absolute Gasteiger partial charge is 0.444 e. The van der Waals surface area contributed by atoms with Crippen molar-refractivity contribution in [3.05, 3.63) is 34.9 Å². The summed E-state index contributed by atoms with van der Waals surface area (Å²) in [5, 5.41) is 3.38. The highest BCUT2D eigenvalue weighted by Crippen LogP contribution is 2.22. The molecule has 0 saturated carbocycles. The normalized spacial score (nSPS) is 13.0. The Bertz CT molecular complexity index is 399. The Labute approximate surface area is 107 Å². The van der Waals surface area contributed by atoms with Gasteiger partial charge in [0.25, 0.3) is 0 Å². The van der Waals surface area contributed by atoms with Crippen molar-refractivity contribution in [2.24, 2.45) is 0 Å². The number of rotatable bonds is 2. The van der Waals surface area contributed by atoms with E-state index in [1.807, 2.05) is 45.9 Å². The molecule has 0 aliphatic rings. The Morgan fingerprint density at radius 2 is 1.94 bits per heavy atom. The van der Waals surface area contributed by atoms with Gasteiger partial charge in [0.2, 0.25) is 0 Å². The zero-order valence-corrected chi connectivity index (χ0v) is 11.3. The lowest BCUT2D eigenvalue weighted by molar-refractivity contribution is 0.0508. The second kappa shape index (κ2) is 5.41. The van der Waals surface area contributed by atoms with Crippen molar-refractivity contribution in [2.75, 3.05) is 0 Å². The average molecular weight is 256 g/mol. The molecule has 3 nitrogen and oxygen atoms in total. The molecule has 1 N–H and O–H groups in total. The summed E-state index contributed by atoms with van der Waals surface area (Å²) in [5.74, 6) is 0. The van der Waals surface area contributed by atoms with Crippen LogP contribution in [-0.4, -0.2) is 11.7 Å². The minimum atomic E-state index is -0.496. The average Bonchev–Trinajstić information content (AvgIpc) is 2.14. The van der Waals surface area contributed by atoms with E-state index in [0.717, 1.165) is 5.56 Å². The van der Waals surface area contributed by atoms with Crippen molar-refractivity contribution in [3.8, 4) is 0 Å². The van der Waals surface area contributed by atoms with E-state index in [9.17, 15) is 4.79 Å². The van der Waals surface area contributed by atoms with Crippen LogP contribution in [0.4, 0.5) is 4.79 Å². The highest BCUT2D eigenvalue weighted by atomic mass is 35.5. The molecule has 0 fully saturated rings. The quantitative estimate of drug-likeness (QED) is 0.870. The maximum Gasteiger partial charge on any atom is 0.408 e. The van der Waals surface area contributed by atoms with Gasteiger partial charge >= 0.3 is 6.09 Å². The van der Waals surface area contributed by atoms with Gasteiger partial charge in [-0.05, 0) is 39.3 Å². The van der Waals surface area contributed by atoms with E-state index in [-0.39, 0.29) is 6.04 Å². The van der Waals surface area contributed by atoms with E-state index >= 15 is 0 Å². The molecule has 1 aromatic rings. The van der Waals surface area contributed by atoms with Crippen LogP contribution in [0.1, 0.15) is 39.3 Å². The van der Waals surface area contributed by atoms with Crippen molar-refractivity contribution < 1.29 is 9.53 Å². The molecule has 0 unspecified atom stereocenters. The lowest BCUT2D eigenvalue weighted by Gasteiger charge is -2.22. The van der Waals surface area contributed by atoms with E-state index in [0.29, 0.717) is 5.02 Å². The molecule has 94 valence electrons. The molecule has 4 heteroatoms. The number of amides is 1. The highest BCUT2D eigenvalue weighted by Gasteiger charge is 2.18. The molecule has 1 aromatic carbocycles. The van der Waals surface area contributed by atoms with Crippen molar-refractivity contribution in [2.45, 2.75) is 39.3 Å². The molecule has 1 amide bonds. The smallest absolute Gasteiger partial charge is 0.408 e. The maximum absolute atomic E-state index is 11.6. The fourth-order valence-corrected chi connectivity index (χ4v) is 1.69. The van der Waals surface area contributed by atoms with Gasteiger partial charge in [0.05, 0.1) is 6.04 Å². The van der Waals surface area contributed by atoms with Gasteiger partial charge in [-0.2, -0.15) is 0 Å². The molecule has 0 aliphatic carbocycles. The monoisotopic (exact) mass is 255 g/mol. The van der Waals surface area contributed by atoms with E-state index in [1.54, 1.807) is 6.07 Å². The van der Waals surface area contributed by atoms with Crippen molar-refractivity contribution in [1.29, 1.82) is 0 Å². The Balaban J connectivity index is 2.64. The third-order valence-electron chi connectivity index (χ3n) is 2.10. The number of benzene rings is 1. The topological polar surface area (TPSA) is 38.3 Å². The first-order valence-electron chi connectivity index (χ1n) is 5.53. The van der Waals surface area contributed by atoms with Gasteiger partial charge in [-0.3, -0.25) is 0 Å². The van der Waals surface area contributed by atoms with E-state index < -0.39 is 11.7 Å². The van der Waals surface area contributed by atoms with Crippen LogP contribution in [0.25, 0.3) is 0 Å². The van der Waals surface area contributed by atoms with Gasteiger partial charge in [0.15, 0.2) is 0 Å². The lowest BCUT2D eigenvalue weighted by Crippen LogP contribution is -2.34. The van der Waals surface area contributed by atoms with Crippen molar-refractivity contribution >= 4 is 17.7 Å². The van der Waals surface area contributed by atoms with Crippen molar-refractivity contribution in [3.63, 3.8) is 0 Å². The van der Waals surface area contributed by atoms with Crippen LogP contribution < -0.4 is 5.32 Å². The molecule has 0 saturated heterocycles. The summed E-state index contributed by atoms with van der Waals surface area (Å²) in [5.41, 5.74) is 0.379. The fraction of sp³-hybridized carbons (Fsp3) is 0.462. The first-order valence-corrected chi connectivity index (χ1v) is 5.91. The van der Waals surface area contributed by atoms with Crippen LogP contribution in [-0.2, 0) is 4.74 Å². The molecular formula is C13H18ClNO2. The van der Waals surface area contributed by atoms with Gasteiger partial charge in [-0.15, -0.1) is 0 Å². The summed E-state index contributed by atoms with van der Waals surface area (Å²) in [6.07, 6.45) is -0.440. The fourth-order valence-electron chi connectivity index (χ4n) is 1.39. The summed E-state index contributed by atoms with van der Waals surface area (Å²) in [4.78, 5) is 11.6. The lowest BCUT2D eigenvalue weighted by atomic mass is 10.1. The van der Waals surface area contributed by atoms with Gasteiger partial charge in [0.1, 0.15) is 5.60 Å². The molecular weight excluding hydrogens is 238 g/mol.